The zero-order valence-corrected chi connectivity index (χ0v) is 16.0. The predicted molar refractivity (Wildman–Crippen MR) is 98.2 cm³/mol. The third-order valence-electron chi connectivity index (χ3n) is 5.94. The number of fused-ring (bicyclic) bond motifs is 1. The Labute approximate surface area is 158 Å². The summed E-state index contributed by atoms with van der Waals surface area (Å²) in [5, 5.41) is 10.3. The molecule has 3 amide bonds. The topological polar surface area (TPSA) is 96.3 Å². The first-order chi connectivity index (χ1) is 12.9. The number of aromatic nitrogens is 2. The minimum Gasteiger partial charge on any atom is -0.351 e. The standard InChI is InChI=1S/C19H27N5O3/c1-3-23-17(26)15-10-14(16(25)20-13-8-9-13)22-24(15)11-19(23,2)18(27)21-12-6-4-5-7-12/h10,12-13H,3-9,11H2,1-2H3,(H,20,25)(H,21,27)/t19-/m1/s1. The Kier molecular flexibility index (Phi) is 4.44. The van der Waals surface area contributed by atoms with E-state index in [1.165, 1.54) is 10.7 Å². The highest BCUT2D eigenvalue weighted by Crippen LogP contribution is 2.29. The molecule has 0 aromatic carbocycles. The zero-order chi connectivity index (χ0) is 19.2. The molecule has 8 nitrogen and oxygen atoms in total. The summed E-state index contributed by atoms with van der Waals surface area (Å²) in [6.45, 7) is 4.32. The van der Waals surface area contributed by atoms with Crippen LogP contribution in [0.2, 0.25) is 0 Å². The molecule has 2 aliphatic carbocycles. The van der Waals surface area contributed by atoms with Gasteiger partial charge in [-0.05, 0) is 39.5 Å². The number of nitrogens with zero attached hydrogens (tertiary/aromatic N) is 3. The molecule has 0 spiro atoms. The van der Waals surface area contributed by atoms with Crippen LogP contribution in [0, 0.1) is 0 Å². The molecule has 0 bridgehead atoms. The fourth-order valence-electron chi connectivity index (χ4n) is 4.14. The lowest BCUT2D eigenvalue weighted by Crippen LogP contribution is -2.64. The number of amides is 3. The molecule has 4 rings (SSSR count). The molecule has 8 heteroatoms. The molecular formula is C19H27N5O3. The first-order valence-corrected chi connectivity index (χ1v) is 9.94. The van der Waals surface area contributed by atoms with Gasteiger partial charge in [0.1, 0.15) is 11.2 Å². The fraction of sp³-hybridized carbons (Fsp3) is 0.684. The average molecular weight is 373 g/mol. The second-order valence-corrected chi connectivity index (χ2v) is 8.10. The number of nitrogens with one attached hydrogen (secondary N) is 2. The van der Waals surface area contributed by atoms with Gasteiger partial charge in [-0.25, -0.2) is 0 Å². The Morgan fingerprint density at radius 3 is 2.48 bits per heavy atom. The van der Waals surface area contributed by atoms with Gasteiger partial charge in [0.25, 0.3) is 11.8 Å². The Morgan fingerprint density at radius 2 is 1.85 bits per heavy atom. The highest BCUT2D eigenvalue weighted by Gasteiger charge is 2.48. The minimum absolute atomic E-state index is 0.144. The summed E-state index contributed by atoms with van der Waals surface area (Å²) in [5.74, 6) is -0.659. The molecule has 2 N–H and O–H groups in total. The van der Waals surface area contributed by atoms with Crippen molar-refractivity contribution < 1.29 is 14.4 Å². The number of hydrogen-bond acceptors (Lipinski definition) is 4. The molecule has 1 aliphatic heterocycles. The van der Waals surface area contributed by atoms with Gasteiger partial charge in [0.05, 0.1) is 6.54 Å². The Balaban J connectivity index is 1.59. The van der Waals surface area contributed by atoms with E-state index in [0.717, 1.165) is 38.5 Å². The van der Waals surface area contributed by atoms with Gasteiger partial charge in [0, 0.05) is 24.7 Å². The van der Waals surface area contributed by atoms with E-state index < -0.39 is 5.54 Å². The van der Waals surface area contributed by atoms with Crippen molar-refractivity contribution in [2.24, 2.45) is 0 Å². The summed E-state index contributed by atoms with van der Waals surface area (Å²) >= 11 is 0. The average Bonchev–Trinajstić information content (AvgIpc) is 3.11. The van der Waals surface area contributed by atoms with Gasteiger partial charge < -0.3 is 15.5 Å². The lowest BCUT2D eigenvalue weighted by molar-refractivity contribution is -0.133. The van der Waals surface area contributed by atoms with E-state index in [9.17, 15) is 14.4 Å². The Bertz CT molecular complexity index is 778. The van der Waals surface area contributed by atoms with Crippen molar-refractivity contribution in [2.45, 2.75) is 76.5 Å². The maximum absolute atomic E-state index is 13.1. The smallest absolute Gasteiger partial charge is 0.273 e. The summed E-state index contributed by atoms with van der Waals surface area (Å²) < 4.78 is 1.52. The monoisotopic (exact) mass is 373 g/mol. The minimum atomic E-state index is -1.02. The first kappa shape index (κ1) is 18.0. The molecule has 1 atom stereocenters. The number of likely N-dealkylation sites (N-methyl/N-ethyl adjacent to an activating group) is 1. The van der Waals surface area contributed by atoms with E-state index in [4.69, 9.17) is 0 Å². The van der Waals surface area contributed by atoms with Crippen LogP contribution in [0.4, 0.5) is 0 Å². The molecular weight excluding hydrogens is 346 g/mol. The third-order valence-corrected chi connectivity index (χ3v) is 5.94. The molecule has 0 unspecified atom stereocenters. The molecule has 0 radical (unpaired) electrons. The lowest BCUT2D eigenvalue weighted by Gasteiger charge is -2.43. The summed E-state index contributed by atoms with van der Waals surface area (Å²) in [6.07, 6.45) is 6.20. The van der Waals surface area contributed by atoms with Crippen molar-refractivity contribution in [2.75, 3.05) is 6.54 Å². The molecule has 2 heterocycles. The van der Waals surface area contributed by atoms with Crippen molar-refractivity contribution in [3.63, 3.8) is 0 Å². The fourth-order valence-corrected chi connectivity index (χ4v) is 4.14. The summed E-state index contributed by atoms with van der Waals surface area (Å²) in [7, 11) is 0. The van der Waals surface area contributed by atoms with Crippen LogP contribution in [-0.2, 0) is 11.3 Å². The molecule has 3 aliphatic rings. The number of carbonyl (C=O) groups is 3. The van der Waals surface area contributed by atoms with Crippen molar-refractivity contribution in [3.05, 3.63) is 17.5 Å². The molecule has 0 saturated heterocycles. The second-order valence-electron chi connectivity index (χ2n) is 8.10. The van der Waals surface area contributed by atoms with Crippen LogP contribution in [0.5, 0.6) is 0 Å². The van der Waals surface area contributed by atoms with Gasteiger partial charge in [-0.2, -0.15) is 5.10 Å². The molecule has 2 fully saturated rings. The number of hydrogen-bond donors (Lipinski definition) is 2. The van der Waals surface area contributed by atoms with E-state index >= 15 is 0 Å². The van der Waals surface area contributed by atoms with Gasteiger partial charge in [-0.1, -0.05) is 12.8 Å². The van der Waals surface area contributed by atoms with Crippen LogP contribution in [-0.4, -0.2) is 56.6 Å². The Hall–Kier alpha value is -2.38. The normalized spacial score (nSPS) is 25.4. The van der Waals surface area contributed by atoms with Crippen molar-refractivity contribution in [3.8, 4) is 0 Å². The lowest BCUT2D eigenvalue weighted by atomic mass is 9.94. The quantitative estimate of drug-likeness (QED) is 0.807. The number of carbonyl (C=O) groups excluding carboxylic acids is 3. The first-order valence-electron chi connectivity index (χ1n) is 9.94. The SMILES string of the molecule is CCN1C(=O)c2cc(C(=O)NC3CC3)nn2C[C@]1(C)C(=O)NC1CCCC1. The highest BCUT2D eigenvalue weighted by molar-refractivity contribution is 6.02. The van der Waals surface area contributed by atoms with Crippen molar-refractivity contribution >= 4 is 17.7 Å². The van der Waals surface area contributed by atoms with Crippen LogP contribution in [0.1, 0.15) is 73.3 Å². The molecule has 1 aromatic rings. The predicted octanol–water partition coefficient (Wildman–Crippen LogP) is 1.07. The van der Waals surface area contributed by atoms with E-state index in [1.807, 2.05) is 6.92 Å². The van der Waals surface area contributed by atoms with E-state index in [2.05, 4.69) is 15.7 Å². The molecule has 27 heavy (non-hydrogen) atoms. The largest absolute Gasteiger partial charge is 0.351 e. The molecule has 2 saturated carbocycles. The van der Waals surface area contributed by atoms with Gasteiger partial charge in [-0.3, -0.25) is 19.1 Å². The van der Waals surface area contributed by atoms with E-state index in [-0.39, 0.29) is 42.0 Å². The van der Waals surface area contributed by atoms with Gasteiger partial charge in [-0.15, -0.1) is 0 Å². The van der Waals surface area contributed by atoms with E-state index in [1.54, 1.807) is 11.8 Å². The van der Waals surface area contributed by atoms with Gasteiger partial charge in [0.15, 0.2) is 5.69 Å². The van der Waals surface area contributed by atoms with Crippen LogP contribution >= 0.6 is 0 Å². The summed E-state index contributed by atoms with van der Waals surface area (Å²) in [5.41, 5.74) is -0.414. The van der Waals surface area contributed by atoms with E-state index in [0.29, 0.717) is 12.2 Å². The van der Waals surface area contributed by atoms with Crippen LogP contribution in [0.3, 0.4) is 0 Å². The highest BCUT2D eigenvalue weighted by atomic mass is 16.2. The third kappa shape index (κ3) is 3.21. The summed E-state index contributed by atoms with van der Waals surface area (Å²) in [4.78, 5) is 40.0. The maximum atomic E-state index is 13.1. The molecule has 146 valence electrons. The second kappa shape index (κ2) is 6.65. The Morgan fingerprint density at radius 1 is 1.19 bits per heavy atom. The van der Waals surface area contributed by atoms with Crippen molar-refractivity contribution in [1.82, 2.24) is 25.3 Å². The van der Waals surface area contributed by atoms with Crippen LogP contribution < -0.4 is 10.6 Å². The van der Waals surface area contributed by atoms with Crippen molar-refractivity contribution in [1.29, 1.82) is 0 Å². The number of rotatable bonds is 5. The summed E-state index contributed by atoms with van der Waals surface area (Å²) in [6, 6.07) is 1.94. The van der Waals surface area contributed by atoms with Crippen LogP contribution in [0.25, 0.3) is 0 Å². The van der Waals surface area contributed by atoms with Gasteiger partial charge >= 0.3 is 0 Å². The van der Waals surface area contributed by atoms with Gasteiger partial charge in [0.2, 0.25) is 5.91 Å². The molecule has 1 aromatic heterocycles. The maximum Gasteiger partial charge on any atom is 0.273 e. The van der Waals surface area contributed by atoms with Crippen LogP contribution in [0.15, 0.2) is 6.07 Å². The zero-order valence-electron chi connectivity index (χ0n) is 16.0.